The van der Waals surface area contributed by atoms with E-state index in [-0.39, 0.29) is 11.9 Å². The fourth-order valence-corrected chi connectivity index (χ4v) is 5.63. The lowest BCUT2D eigenvalue weighted by Crippen LogP contribution is -2.45. The van der Waals surface area contributed by atoms with E-state index in [9.17, 15) is 4.79 Å². The summed E-state index contributed by atoms with van der Waals surface area (Å²) in [5.74, 6) is 2.78. The van der Waals surface area contributed by atoms with Gasteiger partial charge in [-0.05, 0) is 68.3 Å². The largest absolute Gasteiger partial charge is 0.326 e. The normalized spacial score (nSPS) is 28.7. The summed E-state index contributed by atoms with van der Waals surface area (Å²) in [5.41, 5.74) is 0.619. The fraction of sp³-hybridized carbons (Fsp3) is 0.882. The van der Waals surface area contributed by atoms with Gasteiger partial charge in [-0.1, -0.05) is 0 Å². The van der Waals surface area contributed by atoms with Crippen LogP contribution in [0.2, 0.25) is 0 Å². The van der Waals surface area contributed by atoms with Gasteiger partial charge >= 0.3 is 0 Å². The van der Waals surface area contributed by atoms with Gasteiger partial charge in [-0.2, -0.15) is 17.0 Å². The van der Waals surface area contributed by atoms with E-state index in [2.05, 4.69) is 23.1 Å². The van der Waals surface area contributed by atoms with Gasteiger partial charge in [-0.15, -0.1) is 0 Å². The molecule has 122 valence electrons. The Morgan fingerprint density at radius 3 is 2.64 bits per heavy atom. The van der Waals surface area contributed by atoms with Gasteiger partial charge in [-0.3, -0.25) is 4.79 Å². The van der Waals surface area contributed by atoms with Crippen LogP contribution in [0, 0.1) is 16.7 Å². The number of hydrogen-bond donors (Lipinski definition) is 1. The topological polar surface area (TPSA) is 56.1 Å². The minimum absolute atomic E-state index is 0.110. The molecule has 0 unspecified atom stereocenters. The molecule has 5 heteroatoms. The van der Waals surface area contributed by atoms with Gasteiger partial charge in [0.15, 0.2) is 0 Å². The minimum Gasteiger partial charge on any atom is -0.326 e. The molecule has 0 radical (unpaired) electrons. The van der Waals surface area contributed by atoms with Crippen molar-refractivity contribution in [2.45, 2.75) is 63.5 Å². The van der Waals surface area contributed by atoms with E-state index in [1.165, 1.54) is 50.0 Å². The third-order valence-electron chi connectivity index (χ3n) is 5.86. The highest BCUT2D eigenvalue weighted by molar-refractivity contribution is 7.99. The Hall–Kier alpha value is -0.730. The van der Waals surface area contributed by atoms with E-state index in [0.29, 0.717) is 18.0 Å². The van der Waals surface area contributed by atoms with Crippen molar-refractivity contribution >= 4 is 17.7 Å². The van der Waals surface area contributed by atoms with E-state index in [0.717, 1.165) is 19.4 Å². The number of nitrogens with one attached hydrogen (secondary N) is 1. The molecule has 0 bridgehead atoms. The molecular formula is C17H27N3OS. The summed E-state index contributed by atoms with van der Waals surface area (Å²) in [5, 5.41) is 12.5. The lowest BCUT2D eigenvalue weighted by Gasteiger charge is -2.43. The molecule has 0 aromatic heterocycles. The summed E-state index contributed by atoms with van der Waals surface area (Å²) in [6.45, 7) is 1.16. The SMILES string of the molecule is N#C[C@@H]1CCCN1C(=O)CNC1CCC2(CCSCC2)CC1. The molecule has 3 aliphatic rings. The highest BCUT2D eigenvalue weighted by Gasteiger charge is 2.36. The summed E-state index contributed by atoms with van der Waals surface area (Å²) in [6.07, 6.45) is 9.65. The number of nitrogens with zero attached hydrogens (tertiary/aromatic N) is 2. The number of thioether (sulfide) groups is 1. The monoisotopic (exact) mass is 321 g/mol. The van der Waals surface area contributed by atoms with Crippen LogP contribution in [0.5, 0.6) is 0 Å². The van der Waals surface area contributed by atoms with Crippen molar-refractivity contribution in [2.24, 2.45) is 5.41 Å². The van der Waals surface area contributed by atoms with E-state index in [1.807, 2.05) is 0 Å². The second-order valence-electron chi connectivity index (χ2n) is 7.14. The zero-order chi connectivity index (χ0) is 15.4. The first-order valence-electron chi connectivity index (χ1n) is 8.73. The summed E-state index contributed by atoms with van der Waals surface area (Å²) < 4.78 is 0. The molecule has 2 aliphatic heterocycles. The Morgan fingerprint density at radius 1 is 1.23 bits per heavy atom. The molecular weight excluding hydrogens is 294 g/mol. The van der Waals surface area contributed by atoms with Crippen LogP contribution < -0.4 is 5.32 Å². The number of carbonyl (C=O) groups is 1. The molecule has 2 heterocycles. The molecule has 2 saturated heterocycles. The molecule has 22 heavy (non-hydrogen) atoms. The average molecular weight is 321 g/mol. The Morgan fingerprint density at radius 2 is 1.95 bits per heavy atom. The van der Waals surface area contributed by atoms with E-state index < -0.39 is 0 Å². The minimum atomic E-state index is -0.191. The van der Waals surface area contributed by atoms with Gasteiger partial charge < -0.3 is 10.2 Å². The predicted molar refractivity (Wildman–Crippen MR) is 89.6 cm³/mol. The molecule has 1 spiro atoms. The van der Waals surface area contributed by atoms with Crippen LogP contribution in [-0.4, -0.2) is 47.5 Å². The van der Waals surface area contributed by atoms with Crippen molar-refractivity contribution in [2.75, 3.05) is 24.6 Å². The molecule has 1 saturated carbocycles. The van der Waals surface area contributed by atoms with Crippen molar-refractivity contribution in [1.82, 2.24) is 10.2 Å². The molecule has 0 aromatic rings. The Kier molecular flexibility index (Phi) is 5.30. The van der Waals surface area contributed by atoms with Crippen molar-refractivity contribution in [1.29, 1.82) is 5.26 Å². The quantitative estimate of drug-likeness (QED) is 0.868. The summed E-state index contributed by atoms with van der Waals surface area (Å²) >= 11 is 2.10. The molecule has 3 fully saturated rings. The van der Waals surface area contributed by atoms with Crippen molar-refractivity contribution in [3.05, 3.63) is 0 Å². The van der Waals surface area contributed by atoms with Crippen LogP contribution >= 0.6 is 11.8 Å². The van der Waals surface area contributed by atoms with E-state index in [4.69, 9.17) is 5.26 Å². The maximum Gasteiger partial charge on any atom is 0.237 e. The van der Waals surface area contributed by atoms with Gasteiger partial charge in [0, 0.05) is 12.6 Å². The molecule has 1 N–H and O–H groups in total. The number of amides is 1. The first kappa shape index (κ1) is 16.1. The molecule has 1 amide bonds. The molecule has 1 atom stereocenters. The van der Waals surface area contributed by atoms with Gasteiger partial charge in [0.1, 0.15) is 6.04 Å². The maximum atomic E-state index is 12.3. The second kappa shape index (κ2) is 7.23. The number of nitriles is 1. The van der Waals surface area contributed by atoms with Crippen molar-refractivity contribution < 1.29 is 4.79 Å². The number of rotatable bonds is 3. The van der Waals surface area contributed by atoms with Crippen LogP contribution in [0.1, 0.15) is 51.4 Å². The van der Waals surface area contributed by atoms with Crippen LogP contribution in [0.3, 0.4) is 0 Å². The first-order valence-corrected chi connectivity index (χ1v) is 9.88. The molecule has 1 aliphatic carbocycles. The summed E-state index contributed by atoms with van der Waals surface area (Å²) in [7, 11) is 0. The van der Waals surface area contributed by atoms with Crippen LogP contribution in [0.4, 0.5) is 0 Å². The van der Waals surface area contributed by atoms with E-state index in [1.54, 1.807) is 4.90 Å². The van der Waals surface area contributed by atoms with Gasteiger partial charge in [0.25, 0.3) is 0 Å². The van der Waals surface area contributed by atoms with Gasteiger partial charge in [0.2, 0.25) is 5.91 Å². The number of likely N-dealkylation sites (tertiary alicyclic amines) is 1. The van der Waals surface area contributed by atoms with Crippen LogP contribution in [-0.2, 0) is 4.79 Å². The van der Waals surface area contributed by atoms with Crippen molar-refractivity contribution in [3.8, 4) is 6.07 Å². The average Bonchev–Trinajstić information content (AvgIpc) is 3.04. The zero-order valence-electron chi connectivity index (χ0n) is 13.4. The third-order valence-corrected chi connectivity index (χ3v) is 6.85. The zero-order valence-corrected chi connectivity index (χ0v) is 14.2. The summed E-state index contributed by atoms with van der Waals surface area (Å²) in [6, 6.07) is 2.55. The van der Waals surface area contributed by atoms with Crippen molar-refractivity contribution in [3.63, 3.8) is 0 Å². The van der Waals surface area contributed by atoms with Gasteiger partial charge in [0.05, 0.1) is 12.6 Å². The maximum absolute atomic E-state index is 12.3. The van der Waals surface area contributed by atoms with Crippen LogP contribution in [0.15, 0.2) is 0 Å². The highest BCUT2D eigenvalue weighted by Crippen LogP contribution is 2.46. The Balaban J connectivity index is 1.41. The first-order chi connectivity index (χ1) is 10.7. The smallest absolute Gasteiger partial charge is 0.237 e. The highest BCUT2D eigenvalue weighted by atomic mass is 32.2. The Bertz CT molecular complexity index is 432. The van der Waals surface area contributed by atoms with E-state index >= 15 is 0 Å². The predicted octanol–water partition coefficient (Wildman–Crippen LogP) is 2.55. The van der Waals surface area contributed by atoms with Crippen LogP contribution in [0.25, 0.3) is 0 Å². The van der Waals surface area contributed by atoms with Gasteiger partial charge in [-0.25, -0.2) is 0 Å². The number of hydrogen-bond acceptors (Lipinski definition) is 4. The third kappa shape index (κ3) is 3.60. The lowest BCUT2D eigenvalue weighted by atomic mass is 9.69. The lowest BCUT2D eigenvalue weighted by molar-refractivity contribution is -0.130. The second-order valence-corrected chi connectivity index (χ2v) is 8.37. The summed E-state index contributed by atoms with van der Waals surface area (Å²) in [4.78, 5) is 14.0. The number of carbonyl (C=O) groups excluding carboxylic acids is 1. The fourth-order valence-electron chi connectivity index (χ4n) is 4.27. The molecule has 3 rings (SSSR count). The molecule has 4 nitrogen and oxygen atoms in total. The Labute approximate surface area is 138 Å². The standard InChI is InChI=1S/C17H27N3OS/c18-12-15-2-1-9-20(15)16(21)13-19-14-3-5-17(6-4-14)7-10-22-11-8-17/h14-15,19H,1-11,13H2/t15-/m0/s1. The molecule has 0 aromatic carbocycles.